The summed E-state index contributed by atoms with van der Waals surface area (Å²) in [5.41, 5.74) is 4.71. The van der Waals surface area contributed by atoms with Crippen LogP contribution in [-0.4, -0.2) is 53.8 Å². The molecule has 4 saturated heterocycles. The van der Waals surface area contributed by atoms with Gasteiger partial charge < -0.3 is 9.72 Å². The largest absolute Gasteiger partial charge is 0.381 e. The Hall–Kier alpha value is -1.36. The second kappa shape index (κ2) is 4.84. The van der Waals surface area contributed by atoms with Crippen LogP contribution < -0.4 is 0 Å². The average molecular weight is 323 g/mol. The summed E-state index contributed by atoms with van der Waals surface area (Å²) in [6, 6.07) is 8.89. The molecule has 0 radical (unpaired) electrons. The van der Waals surface area contributed by atoms with E-state index < -0.39 is 0 Å². The van der Waals surface area contributed by atoms with Crippen LogP contribution in [0.4, 0.5) is 0 Å². The van der Waals surface area contributed by atoms with E-state index in [0.717, 1.165) is 13.2 Å². The van der Waals surface area contributed by atoms with E-state index in [4.69, 9.17) is 4.74 Å². The van der Waals surface area contributed by atoms with Crippen molar-refractivity contribution in [3.63, 3.8) is 0 Å². The van der Waals surface area contributed by atoms with Crippen molar-refractivity contribution in [2.24, 2.45) is 5.92 Å². The number of nitrogens with one attached hydrogen (secondary N) is 1. The molecule has 1 spiro atoms. The summed E-state index contributed by atoms with van der Waals surface area (Å²) in [6.45, 7) is 5.59. The van der Waals surface area contributed by atoms with Crippen LogP contribution in [0.25, 0.3) is 10.9 Å². The summed E-state index contributed by atoms with van der Waals surface area (Å²) in [7, 11) is 0. The first kappa shape index (κ1) is 13.9. The third-order valence-electron chi connectivity index (χ3n) is 7.14. The monoisotopic (exact) mass is 323 g/mol. The summed E-state index contributed by atoms with van der Waals surface area (Å²) in [5, 5.41) is 1.45. The summed E-state index contributed by atoms with van der Waals surface area (Å²) in [6.07, 6.45) is 5.55. The van der Waals surface area contributed by atoms with Gasteiger partial charge >= 0.3 is 0 Å². The number of hydrogen-bond donors (Lipinski definition) is 1. The normalized spacial score (nSPS) is 38.4. The van der Waals surface area contributed by atoms with E-state index in [2.05, 4.69) is 39.0 Å². The lowest BCUT2D eigenvalue weighted by atomic mass is 9.73. The number of benzene rings is 1. The zero-order valence-electron chi connectivity index (χ0n) is 14.1. The Morgan fingerprint density at radius 2 is 2.00 bits per heavy atom. The number of aromatic nitrogens is 1. The summed E-state index contributed by atoms with van der Waals surface area (Å²) in [5.74, 6) is 0.691. The lowest BCUT2D eigenvalue weighted by molar-refractivity contribution is -0.165. The molecule has 2 atom stereocenters. The number of piperidine rings is 1. The molecule has 1 N–H and O–H groups in total. The summed E-state index contributed by atoms with van der Waals surface area (Å²) < 4.78 is 5.75. The molecule has 1 aromatic heterocycles. The fourth-order valence-electron chi connectivity index (χ4n) is 6.07. The molecule has 5 aliphatic heterocycles. The van der Waals surface area contributed by atoms with E-state index in [1.807, 2.05) is 0 Å². The first-order valence-electron chi connectivity index (χ1n) is 9.55. The van der Waals surface area contributed by atoms with Gasteiger partial charge in [-0.1, -0.05) is 18.2 Å². The Morgan fingerprint density at radius 1 is 1.12 bits per heavy atom. The van der Waals surface area contributed by atoms with Crippen molar-refractivity contribution in [3.05, 3.63) is 35.5 Å². The second-order valence-corrected chi connectivity index (χ2v) is 8.07. The zero-order chi connectivity index (χ0) is 15.7. The van der Waals surface area contributed by atoms with Crippen molar-refractivity contribution in [1.82, 2.24) is 14.8 Å². The minimum absolute atomic E-state index is 0.245. The standard InChI is InChI=1S/C20H25N3O/c1-2-4-17-15(3-1)16-5-9-23-19(14-6-12-24-13-14)22-10-7-20(23,8-11-22)18(16)21-17/h1-4,14,19,21H,5-13H2. The van der Waals surface area contributed by atoms with Gasteiger partial charge in [-0.05, 0) is 37.3 Å². The van der Waals surface area contributed by atoms with Gasteiger partial charge in [-0.2, -0.15) is 0 Å². The Morgan fingerprint density at radius 3 is 2.83 bits per heavy atom. The highest BCUT2D eigenvalue weighted by molar-refractivity contribution is 5.85. The van der Waals surface area contributed by atoms with Gasteiger partial charge in [0.15, 0.2) is 0 Å². The van der Waals surface area contributed by atoms with Crippen LogP contribution >= 0.6 is 0 Å². The second-order valence-electron chi connectivity index (χ2n) is 8.07. The van der Waals surface area contributed by atoms with Crippen LogP contribution in [0, 0.1) is 5.92 Å². The molecule has 2 bridgehead atoms. The molecule has 6 heterocycles. The maximum Gasteiger partial charge on any atom is 0.0682 e. The van der Waals surface area contributed by atoms with Crippen molar-refractivity contribution in [3.8, 4) is 0 Å². The Labute approximate surface area is 142 Å². The number of ether oxygens (including phenoxy) is 1. The van der Waals surface area contributed by atoms with Crippen LogP contribution in [0.5, 0.6) is 0 Å². The summed E-state index contributed by atoms with van der Waals surface area (Å²) >= 11 is 0. The minimum Gasteiger partial charge on any atom is -0.381 e. The Bertz CT molecular complexity index is 781. The highest BCUT2D eigenvalue weighted by Gasteiger charge is 2.56. The molecule has 0 amide bonds. The molecule has 0 saturated carbocycles. The number of nitrogens with zero attached hydrogens (tertiary/aromatic N) is 2. The van der Waals surface area contributed by atoms with Gasteiger partial charge in [-0.3, -0.25) is 9.80 Å². The molecule has 2 aromatic rings. The van der Waals surface area contributed by atoms with Gasteiger partial charge in [0.1, 0.15) is 0 Å². The Kier molecular flexibility index (Phi) is 2.80. The van der Waals surface area contributed by atoms with E-state index in [0.29, 0.717) is 12.1 Å². The number of para-hydroxylation sites is 1. The third kappa shape index (κ3) is 1.64. The molecular formula is C20H25N3O. The van der Waals surface area contributed by atoms with Crippen LogP contribution in [0.3, 0.4) is 0 Å². The Balaban J connectivity index is 1.51. The lowest BCUT2D eigenvalue weighted by Gasteiger charge is -2.63. The molecular weight excluding hydrogens is 298 g/mol. The molecule has 7 rings (SSSR count). The zero-order valence-corrected chi connectivity index (χ0v) is 14.1. The molecule has 0 aliphatic carbocycles. The molecule has 4 nitrogen and oxygen atoms in total. The molecule has 2 unspecified atom stereocenters. The fraction of sp³-hybridized carbons (Fsp3) is 0.600. The summed E-state index contributed by atoms with van der Waals surface area (Å²) in [4.78, 5) is 9.45. The van der Waals surface area contributed by atoms with Crippen molar-refractivity contribution in [2.75, 3.05) is 32.8 Å². The molecule has 4 heteroatoms. The van der Waals surface area contributed by atoms with Crippen LogP contribution in [0.15, 0.2) is 24.3 Å². The third-order valence-corrected chi connectivity index (χ3v) is 7.14. The van der Waals surface area contributed by atoms with E-state index in [9.17, 15) is 0 Å². The van der Waals surface area contributed by atoms with Gasteiger partial charge in [0.25, 0.3) is 0 Å². The van der Waals surface area contributed by atoms with Crippen molar-refractivity contribution in [2.45, 2.75) is 37.4 Å². The smallest absolute Gasteiger partial charge is 0.0682 e. The van der Waals surface area contributed by atoms with Gasteiger partial charge in [0.2, 0.25) is 0 Å². The maximum absolute atomic E-state index is 5.75. The van der Waals surface area contributed by atoms with Crippen molar-refractivity contribution in [1.29, 1.82) is 0 Å². The maximum atomic E-state index is 5.75. The van der Waals surface area contributed by atoms with Crippen LogP contribution in [0.2, 0.25) is 0 Å². The number of H-pyrrole nitrogens is 1. The average Bonchev–Trinajstić information content (AvgIpc) is 3.29. The van der Waals surface area contributed by atoms with E-state index in [1.165, 1.54) is 56.2 Å². The topological polar surface area (TPSA) is 31.5 Å². The molecule has 24 heavy (non-hydrogen) atoms. The molecule has 5 aliphatic rings. The highest BCUT2D eigenvalue weighted by atomic mass is 16.5. The van der Waals surface area contributed by atoms with Gasteiger partial charge in [-0.15, -0.1) is 0 Å². The first-order valence-corrected chi connectivity index (χ1v) is 9.55. The number of aromatic amines is 1. The fourth-order valence-corrected chi connectivity index (χ4v) is 6.07. The van der Waals surface area contributed by atoms with Gasteiger partial charge in [-0.25, -0.2) is 0 Å². The predicted molar refractivity (Wildman–Crippen MR) is 93.9 cm³/mol. The number of rotatable bonds is 1. The van der Waals surface area contributed by atoms with Crippen LogP contribution in [0.1, 0.15) is 30.5 Å². The minimum atomic E-state index is 0.245. The molecule has 1 aromatic carbocycles. The van der Waals surface area contributed by atoms with E-state index in [1.54, 1.807) is 11.3 Å². The van der Waals surface area contributed by atoms with Crippen LogP contribution in [-0.2, 0) is 16.7 Å². The van der Waals surface area contributed by atoms with Crippen molar-refractivity contribution >= 4 is 10.9 Å². The lowest BCUT2D eigenvalue weighted by Crippen LogP contribution is -2.71. The van der Waals surface area contributed by atoms with E-state index in [-0.39, 0.29) is 5.54 Å². The van der Waals surface area contributed by atoms with Gasteiger partial charge in [0.05, 0.1) is 18.3 Å². The molecule has 4 fully saturated rings. The quantitative estimate of drug-likeness (QED) is 0.875. The first-order chi connectivity index (χ1) is 11.9. The highest BCUT2D eigenvalue weighted by Crippen LogP contribution is 2.51. The molecule has 126 valence electrons. The van der Waals surface area contributed by atoms with Gasteiger partial charge in [0, 0.05) is 48.8 Å². The van der Waals surface area contributed by atoms with E-state index >= 15 is 0 Å². The number of fused-ring (bicyclic) bond motifs is 5. The SMILES string of the molecule is c1ccc2c3c([nH]c2c1)C12CCN(CC1)C(C1CCOC1)N2CC3. The predicted octanol–water partition coefficient (Wildman–Crippen LogP) is 2.69. The van der Waals surface area contributed by atoms with Crippen molar-refractivity contribution < 1.29 is 4.74 Å². The number of hydrogen-bond acceptors (Lipinski definition) is 3.